The van der Waals surface area contributed by atoms with E-state index in [4.69, 9.17) is 0 Å². The van der Waals surface area contributed by atoms with Gasteiger partial charge in [0.25, 0.3) is 0 Å². The van der Waals surface area contributed by atoms with Gasteiger partial charge in [-0.05, 0) is 49.7 Å². The molecule has 166 valence electrons. The fourth-order valence-corrected chi connectivity index (χ4v) is 3.99. The number of ketones is 1. The van der Waals surface area contributed by atoms with Crippen LogP contribution in [0.25, 0.3) is 11.4 Å². The summed E-state index contributed by atoms with van der Waals surface area (Å²) >= 11 is 1.33. The molecule has 1 heterocycles. The molecule has 2 N–H and O–H groups in total. The maximum Gasteiger partial charge on any atom is 0.237 e. The SMILES string of the molecule is CC[C@@H](Sc1nnc(-c2cccc(NC(C)=O)c2)n1C)C(=O)Nc1ccc(C(C)=O)cc1. The zero-order valence-corrected chi connectivity index (χ0v) is 19.2. The van der Waals surface area contributed by atoms with Gasteiger partial charge >= 0.3 is 0 Å². The van der Waals surface area contributed by atoms with Crippen molar-refractivity contribution in [1.82, 2.24) is 14.8 Å². The summed E-state index contributed by atoms with van der Waals surface area (Å²) in [6.45, 7) is 4.89. The summed E-state index contributed by atoms with van der Waals surface area (Å²) < 4.78 is 1.83. The molecule has 2 amide bonds. The quantitative estimate of drug-likeness (QED) is 0.394. The highest BCUT2D eigenvalue weighted by Gasteiger charge is 2.22. The minimum atomic E-state index is -0.371. The molecule has 0 radical (unpaired) electrons. The van der Waals surface area contributed by atoms with E-state index >= 15 is 0 Å². The van der Waals surface area contributed by atoms with Crippen LogP contribution in [-0.2, 0) is 16.6 Å². The van der Waals surface area contributed by atoms with Crippen molar-refractivity contribution in [1.29, 1.82) is 0 Å². The molecule has 3 rings (SSSR count). The maximum atomic E-state index is 12.8. The summed E-state index contributed by atoms with van der Waals surface area (Å²) in [5, 5.41) is 14.4. The minimum absolute atomic E-state index is 0.0226. The first-order valence-corrected chi connectivity index (χ1v) is 11.0. The molecule has 2 aromatic carbocycles. The molecule has 1 aromatic heterocycles. The number of hydrogen-bond acceptors (Lipinski definition) is 6. The summed E-state index contributed by atoms with van der Waals surface area (Å²) in [7, 11) is 1.84. The van der Waals surface area contributed by atoms with E-state index in [1.54, 1.807) is 30.3 Å². The molecule has 0 spiro atoms. The molecular weight excluding hydrogens is 426 g/mol. The summed E-state index contributed by atoms with van der Waals surface area (Å²) in [5.41, 5.74) is 2.71. The van der Waals surface area contributed by atoms with Crippen molar-refractivity contribution in [2.24, 2.45) is 7.05 Å². The zero-order chi connectivity index (χ0) is 23.3. The van der Waals surface area contributed by atoms with Crippen molar-refractivity contribution < 1.29 is 14.4 Å². The smallest absolute Gasteiger partial charge is 0.237 e. The van der Waals surface area contributed by atoms with Crippen LogP contribution < -0.4 is 10.6 Å². The van der Waals surface area contributed by atoms with Crippen molar-refractivity contribution in [3.63, 3.8) is 0 Å². The Hall–Kier alpha value is -3.46. The van der Waals surface area contributed by atoms with E-state index in [9.17, 15) is 14.4 Å². The standard InChI is InChI=1S/C23H25N5O3S/c1-5-20(22(31)25-18-11-9-16(10-12-18)14(2)29)32-23-27-26-21(28(23)4)17-7-6-8-19(13-17)24-15(3)30/h6-13,20H,5H2,1-4H3,(H,24,30)(H,25,31)/t20-/m1/s1. The number of rotatable bonds is 8. The highest BCUT2D eigenvalue weighted by atomic mass is 32.2. The Morgan fingerprint density at radius 1 is 1.00 bits per heavy atom. The molecule has 9 heteroatoms. The minimum Gasteiger partial charge on any atom is -0.326 e. The van der Waals surface area contributed by atoms with Crippen LogP contribution in [0.15, 0.2) is 53.7 Å². The van der Waals surface area contributed by atoms with Crippen LogP contribution in [0, 0.1) is 0 Å². The Labute approximate surface area is 190 Å². The Kier molecular flexibility index (Phi) is 7.42. The fraction of sp³-hybridized carbons (Fsp3) is 0.261. The lowest BCUT2D eigenvalue weighted by Crippen LogP contribution is -2.25. The maximum absolute atomic E-state index is 12.8. The first-order valence-electron chi connectivity index (χ1n) is 10.1. The molecule has 32 heavy (non-hydrogen) atoms. The topological polar surface area (TPSA) is 106 Å². The third kappa shape index (κ3) is 5.61. The van der Waals surface area contributed by atoms with Crippen LogP contribution in [0.4, 0.5) is 11.4 Å². The van der Waals surface area contributed by atoms with Gasteiger partial charge in [-0.15, -0.1) is 10.2 Å². The molecule has 0 fully saturated rings. The number of anilines is 2. The van der Waals surface area contributed by atoms with Gasteiger partial charge in [-0.25, -0.2) is 0 Å². The van der Waals surface area contributed by atoms with Gasteiger partial charge < -0.3 is 15.2 Å². The van der Waals surface area contributed by atoms with Gasteiger partial charge in [-0.1, -0.05) is 30.8 Å². The number of nitrogens with zero attached hydrogens (tertiary/aromatic N) is 3. The number of nitrogens with one attached hydrogen (secondary N) is 2. The first kappa shape index (κ1) is 23.2. The van der Waals surface area contributed by atoms with E-state index in [0.717, 1.165) is 5.56 Å². The highest BCUT2D eigenvalue weighted by molar-refractivity contribution is 8.00. The predicted octanol–water partition coefficient (Wildman–Crippen LogP) is 4.15. The third-order valence-corrected chi connectivity index (χ3v) is 6.14. The lowest BCUT2D eigenvalue weighted by atomic mass is 10.1. The molecule has 8 nitrogen and oxygen atoms in total. The van der Waals surface area contributed by atoms with Crippen molar-refractivity contribution in [3.05, 3.63) is 54.1 Å². The van der Waals surface area contributed by atoms with Crippen LogP contribution in [0.2, 0.25) is 0 Å². The Bertz CT molecular complexity index is 1140. The van der Waals surface area contributed by atoms with E-state index in [1.165, 1.54) is 25.6 Å². The molecule has 0 aliphatic heterocycles. The van der Waals surface area contributed by atoms with E-state index in [0.29, 0.717) is 34.3 Å². The number of carbonyl (C=O) groups is 3. The Morgan fingerprint density at radius 3 is 2.34 bits per heavy atom. The second kappa shape index (κ2) is 10.2. The van der Waals surface area contributed by atoms with Gasteiger partial charge in [-0.2, -0.15) is 0 Å². The van der Waals surface area contributed by atoms with Gasteiger partial charge in [-0.3, -0.25) is 14.4 Å². The van der Waals surface area contributed by atoms with Gasteiger partial charge in [0.05, 0.1) is 5.25 Å². The van der Waals surface area contributed by atoms with E-state index < -0.39 is 0 Å². The summed E-state index contributed by atoms with van der Waals surface area (Å²) in [4.78, 5) is 35.5. The summed E-state index contributed by atoms with van der Waals surface area (Å²) in [5.74, 6) is 0.315. The van der Waals surface area contributed by atoms with Crippen molar-refractivity contribution >= 4 is 40.7 Å². The molecular formula is C23H25N5O3S. The summed E-state index contributed by atoms with van der Waals surface area (Å²) in [6.07, 6.45) is 0.599. The fourth-order valence-electron chi connectivity index (χ4n) is 3.07. The number of benzene rings is 2. The summed E-state index contributed by atoms with van der Waals surface area (Å²) in [6, 6.07) is 14.2. The van der Waals surface area contributed by atoms with Crippen molar-refractivity contribution in [2.45, 2.75) is 37.6 Å². The second-order valence-corrected chi connectivity index (χ2v) is 8.43. The van der Waals surface area contributed by atoms with Crippen LogP contribution in [0.1, 0.15) is 37.6 Å². The number of amides is 2. The molecule has 0 unspecified atom stereocenters. The lowest BCUT2D eigenvalue weighted by Gasteiger charge is -2.14. The monoisotopic (exact) mass is 451 g/mol. The lowest BCUT2D eigenvalue weighted by molar-refractivity contribution is -0.116. The predicted molar refractivity (Wildman–Crippen MR) is 126 cm³/mol. The average Bonchev–Trinajstić information content (AvgIpc) is 3.12. The molecule has 0 saturated heterocycles. The van der Waals surface area contributed by atoms with Gasteiger partial charge in [0.1, 0.15) is 0 Å². The molecule has 0 bridgehead atoms. The number of Topliss-reactive ketones (excluding diaryl/α,β-unsaturated/α-hetero) is 1. The molecule has 0 saturated carbocycles. The van der Waals surface area contributed by atoms with Crippen LogP contribution in [0.5, 0.6) is 0 Å². The normalized spacial score (nSPS) is 11.6. The van der Waals surface area contributed by atoms with Crippen LogP contribution >= 0.6 is 11.8 Å². The highest BCUT2D eigenvalue weighted by Crippen LogP contribution is 2.29. The van der Waals surface area contributed by atoms with Crippen molar-refractivity contribution in [3.8, 4) is 11.4 Å². The number of hydrogen-bond donors (Lipinski definition) is 2. The zero-order valence-electron chi connectivity index (χ0n) is 18.4. The van der Waals surface area contributed by atoms with Crippen molar-refractivity contribution in [2.75, 3.05) is 10.6 Å². The molecule has 0 aliphatic rings. The molecule has 1 atom stereocenters. The van der Waals surface area contributed by atoms with E-state index in [2.05, 4.69) is 20.8 Å². The third-order valence-electron chi connectivity index (χ3n) is 4.75. The number of thioether (sulfide) groups is 1. The molecule has 0 aliphatic carbocycles. The van der Waals surface area contributed by atoms with E-state index in [1.807, 2.05) is 36.7 Å². The van der Waals surface area contributed by atoms with Gasteiger partial charge in [0.2, 0.25) is 11.8 Å². The first-order chi connectivity index (χ1) is 15.3. The van der Waals surface area contributed by atoms with Crippen LogP contribution in [-0.4, -0.2) is 37.6 Å². The number of carbonyl (C=O) groups excluding carboxylic acids is 3. The van der Waals surface area contributed by atoms with E-state index in [-0.39, 0.29) is 22.8 Å². The van der Waals surface area contributed by atoms with Gasteiger partial charge in [0.15, 0.2) is 16.8 Å². The van der Waals surface area contributed by atoms with Gasteiger partial charge in [0, 0.05) is 36.5 Å². The second-order valence-electron chi connectivity index (χ2n) is 7.26. The molecule has 3 aromatic rings. The average molecular weight is 452 g/mol. The Morgan fingerprint density at radius 2 is 1.72 bits per heavy atom. The Balaban J connectivity index is 1.73. The number of aromatic nitrogens is 3. The largest absolute Gasteiger partial charge is 0.326 e. The van der Waals surface area contributed by atoms with Crippen LogP contribution in [0.3, 0.4) is 0 Å².